The van der Waals surface area contributed by atoms with Crippen molar-refractivity contribution in [3.05, 3.63) is 59.9 Å². The SMILES string of the molecule is Cn1c(CCc2cccc(N)c2)nc2ccccc21. The van der Waals surface area contributed by atoms with Crippen molar-refractivity contribution >= 4 is 16.7 Å². The molecule has 0 aliphatic rings. The summed E-state index contributed by atoms with van der Waals surface area (Å²) >= 11 is 0. The van der Waals surface area contributed by atoms with Gasteiger partial charge in [0.2, 0.25) is 0 Å². The summed E-state index contributed by atoms with van der Waals surface area (Å²) in [6.45, 7) is 0. The lowest BCUT2D eigenvalue weighted by molar-refractivity contribution is 0.787. The van der Waals surface area contributed by atoms with Crippen LogP contribution in [-0.2, 0) is 19.9 Å². The normalized spacial score (nSPS) is 11.0. The number of nitrogen functional groups attached to an aromatic ring is 1. The van der Waals surface area contributed by atoms with Gasteiger partial charge in [0, 0.05) is 19.2 Å². The molecule has 0 atom stereocenters. The summed E-state index contributed by atoms with van der Waals surface area (Å²) in [7, 11) is 2.07. The first-order valence-corrected chi connectivity index (χ1v) is 6.49. The molecule has 0 aliphatic carbocycles. The fourth-order valence-electron chi connectivity index (χ4n) is 2.42. The van der Waals surface area contributed by atoms with Crippen molar-refractivity contribution in [1.82, 2.24) is 9.55 Å². The van der Waals surface area contributed by atoms with Crippen LogP contribution >= 0.6 is 0 Å². The van der Waals surface area contributed by atoms with Gasteiger partial charge < -0.3 is 10.3 Å². The van der Waals surface area contributed by atoms with Crippen LogP contribution in [0.1, 0.15) is 11.4 Å². The van der Waals surface area contributed by atoms with Crippen molar-refractivity contribution in [1.29, 1.82) is 0 Å². The van der Waals surface area contributed by atoms with Gasteiger partial charge in [-0.15, -0.1) is 0 Å². The first-order valence-electron chi connectivity index (χ1n) is 6.49. The maximum atomic E-state index is 5.80. The molecular weight excluding hydrogens is 234 g/mol. The summed E-state index contributed by atoms with van der Waals surface area (Å²) in [5, 5.41) is 0. The Morgan fingerprint density at radius 1 is 1.05 bits per heavy atom. The van der Waals surface area contributed by atoms with Crippen LogP contribution in [-0.4, -0.2) is 9.55 Å². The number of para-hydroxylation sites is 2. The molecule has 1 aromatic heterocycles. The van der Waals surface area contributed by atoms with Gasteiger partial charge in [-0.3, -0.25) is 0 Å². The predicted octanol–water partition coefficient (Wildman–Crippen LogP) is 2.94. The number of imidazole rings is 1. The first kappa shape index (κ1) is 11.8. The molecular formula is C16H17N3. The highest BCUT2D eigenvalue weighted by atomic mass is 15.1. The van der Waals surface area contributed by atoms with E-state index in [1.165, 1.54) is 11.1 Å². The number of nitrogens with zero attached hydrogens (tertiary/aromatic N) is 2. The lowest BCUT2D eigenvalue weighted by Crippen LogP contribution is -2.00. The Kier molecular flexibility index (Phi) is 2.95. The van der Waals surface area contributed by atoms with Gasteiger partial charge in [-0.2, -0.15) is 0 Å². The number of benzene rings is 2. The third-order valence-corrected chi connectivity index (χ3v) is 3.47. The van der Waals surface area contributed by atoms with Crippen molar-refractivity contribution in [2.75, 3.05) is 5.73 Å². The largest absolute Gasteiger partial charge is 0.399 e. The third kappa shape index (κ3) is 2.32. The second kappa shape index (κ2) is 4.76. The van der Waals surface area contributed by atoms with Gasteiger partial charge in [0.1, 0.15) is 5.82 Å². The molecule has 0 saturated carbocycles. The molecule has 0 unspecified atom stereocenters. The van der Waals surface area contributed by atoms with E-state index in [0.29, 0.717) is 0 Å². The highest BCUT2D eigenvalue weighted by Crippen LogP contribution is 2.16. The predicted molar refractivity (Wildman–Crippen MR) is 79.0 cm³/mol. The number of rotatable bonds is 3. The van der Waals surface area contributed by atoms with Crippen molar-refractivity contribution < 1.29 is 0 Å². The quantitative estimate of drug-likeness (QED) is 0.727. The van der Waals surface area contributed by atoms with Crippen molar-refractivity contribution in [3.63, 3.8) is 0 Å². The second-order valence-corrected chi connectivity index (χ2v) is 4.82. The topological polar surface area (TPSA) is 43.8 Å². The molecule has 0 saturated heterocycles. The summed E-state index contributed by atoms with van der Waals surface area (Å²) in [4.78, 5) is 4.68. The van der Waals surface area contributed by atoms with E-state index in [4.69, 9.17) is 5.73 Å². The van der Waals surface area contributed by atoms with E-state index in [-0.39, 0.29) is 0 Å². The maximum Gasteiger partial charge on any atom is 0.109 e. The molecule has 19 heavy (non-hydrogen) atoms. The Hall–Kier alpha value is -2.29. The van der Waals surface area contributed by atoms with Crippen molar-refractivity contribution in [3.8, 4) is 0 Å². The molecule has 96 valence electrons. The number of hydrogen-bond acceptors (Lipinski definition) is 2. The molecule has 0 amide bonds. The monoisotopic (exact) mass is 251 g/mol. The summed E-state index contributed by atoms with van der Waals surface area (Å²) in [6, 6.07) is 16.3. The average Bonchev–Trinajstić information content (AvgIpc) is 2.74. The number of fused-ring (bicyclic) bond motifs is 1. The lowest BCUT2D eigenvalue weighted by Gasteiger charge is -2.03. The van der Waals surface area contributed by atoms with E-state index in [2.05, 4.69) is 34.8 Å². The third-order valence-electron chi connectivity index (χ3n) is 3.47. The number of aryl methyl sites for hydroxylation is 3. The average molecular weight is 251 g/mol. The maximum absolute atomic E-state index is 5.80. The zero-order valence-corrected chi connectivity index (χ0v) is 11.0. The van der Waals surface area contributed by atoms with Gasteiger partial charge in [-0.1, -0.05) is 24.3 Å². The minimum absolute atomic E-state index is 0.822. The molecule has 0 aliphatic heterocycles. The molecule has 3 rings (SSSR count). The van der Waals surface area contributed by atoms with E-state index in [9.17, 15) is 0 Å². The van der Waals surface area contributed by atoms with Crippen LogP contribution in [0.4, 0.5) is 5.69 Å². The lowest BCUT2D eigenvalue weighted by atomic mass is 10.1. The minimum Gasteiger partial charge on any atom is -0.399 e. The Bertz CT molecular complexity index is 713. The van der Waals surface area contributed by atoms with Crippen LogP contribution in [0.3, 0.4) is 0 Å². The van der Waals surface area contributed by atoms with Crippen LogP contribution in [0, 0.1) is 0 Å². The Morgan fingerprint density at radius 3 is 2.68 bits per heavy atom. The summed E-state index contributed by atoms with van der Waals surface area (Å²) in [6.07, 6.45) is 1.89. The zero-order valence-electron chi connectivity index (χ0n) is 11.0. The molecule has 3 nitrogen and oxygen atoms in total. The van der Waals surface area contributed by atoms with Crippen LogP contribution in [0.2, 0.25) is 0 Å². The van der Waals surface area contributed by atoms with Gasteiger partial charge in [-0.05, 0) is 36.2 Å². The molecule has 0 fully saturated rings. The van der Waals surface area contributed by atoms with E-state index in [1.807, 2.05) is 30.3 Å². The Morgan fingerprint density at radius 2 is 1.89 bits per heavy atom. The van der Waals surface area contributed by atoms with Crippen LogP contribution in [0.5, 0.6) is 0 Å². The number of anilines is 1. The van der Waals surface area contributed by atoms with Gasteiger partial charge in [0.25, 0.3) is 0 Å². The zero-order chi connectivity index (χ0) is 13.2. The fraction of sp³-hybridized carbons (Fsp3) is 0.188. The van der Waals surface area contributed by atoms with Gasteiger partial charge in [0.05, 0.1) is 11.0 Å². The standard InChI is InChI=1S/C16H17N3/c1-19-15-8-3-2-7-14(15)18-16(19)10-9-12-5-4-6-13(17)11-12/h2-8,11H,9-10,17H2,1H3. The molecule has 0 spiro atoms. The van der Waals surface area contributed by atoms with Crippen LogP contribution in [0.15, 0.2) is 48.5 Å². The smallest absolute Gasteiger partial charge is 0.109 e. The molecule has 0 radical (unpaired) electrons. The van der Waals surface area contributed by atoms with Crippen LogP contribution in [0.25, 0.3) is 11.0 Å². The van der Waals surface area contributed by atoms with Crippen molar-refractivity contribution in [2.24, 2.45) is 7.05 Å². The van der Waals surface area contributed by atoms with E-state index in [1.54, 1.807) is 0 Å². The fourth-order valence-corrected chi connectivity index (χ4v) is 2.42. The first-order chi connectivity index (χ1) is 9.24. The number of nitrogens with two attached hydrogens (primary N) is 1. The van der Waals surface area contributed by atoms with Gasteiger partial charge >= 0.3 is 0 Å². The number of hydrogen-bond donors (Lipinski definition) is 1. The van der Waals surface area contributed by atoms with E-state index in [0.717, 1.165) is 29.9 Å². The van der Waals surface area contributed by atoms with E-state index < -0.39 is 0 Å². The molecule has 3 aromatic rings. The summed E-state index contributed by atoms with van der Waals surface area (Å²) < 4.78 is 2.17. The second-order valence-electron chi connectivity index (χ2n) is 4.82. The Balaban J connectivity index is 1.84. The summed E-state index contributed by atoms with van der Waals surface area (Å²) in [5.41, 5.74) is 10.1. The van der Waals surface area contributed by atoms with Crippen molar-refractivity contribution in [2.45, 2.75) is 12.8 Å². The molecule has 1 heterocycles. The summed E-state index contributed by atoms with van der Waals surface area (Å²) in [5.74, 6) is 1.11. The van der Waals surface area contributed by atoms with Gasteiger partial charge in [0.15, 0.2) is 0 Å². The van der Waals surface area contributed by atoms with E-state index >= 15 is 0 Å². The van der Waals surface area contributed by atoms with Crippen LogP contribution < -0.4 is 5.73 Å². The minimum atomic E-state index is 0.822. The number of aromatic nitrogens is 2. The molecule has 2 N–H and O–H groups in total. The highest BCUT2D eigenvalue weighted by molar-refractivity contribution is 5.75. The molecule has 2 aromatic carbocycles. The highest BCUT2D eigenvalue weighted by Gasteiger charge is 2.06. The molecule has 3 heteroatoms. The Labute approximate surface area is 112 Å². The molecule has 0 bridgehead atoms. The van der Waals surface area contributed by atoms with Gasteiger partial charge in [-0.25, -0.2) is 4.98 Å².